The molecule has 0 saturated heterocycles. The zero-order valence-electron chi connectivity index (χ0n) is 10.9. The predicted octanol–water partition coefficient (Wildman–Crippen LogP) is 1.92. The van der Waals surface area contributed by atoms with E-state index in [1.807, 2.05) is 24.7 Å². The van der Waals surface area contributed by atoms with Gasteiger partial charge in [0.1, 0.15) is 5.75 Å². The molecule has 20 heavy (non-hydrogen) atoms. The van der Waals surface area contributed by atoms with Gasteiger partial charge >= 0.3 is 0 Å². The Morgan fingerprint density at radius 3 is 3.00 bits per heavy atom. The Morgan fingerprint density at radius 1 is 1.30 bits per heavy atom. The van der Waals surface area contributed by atoms with Gasteiger partial charge in [-0.15, -0.1) is 24.8 Å². The summed E-state index contributed by atoms with van der Waals surface area (Å²) in [6.45, 7) is 3.48. The first-order valence-electron chi connectivity index (χ1n) is 6.14. The van der Waals surface area contributed by atoms with E-state index in [1.165, 1.54) is 5.69 Å². The summed E-state index contributed by atoms with van der Waals surface area (Å²) in [5, 5.41) is 3.42. The van der Waals surface area contributed by atoms with Crippen LogP contribution in [0.1, 0.15) is 5.69 Å². The first-order chi connectivity index (χ1) is 8.92. The number of aromatic nitrogens is 3. The molecule has 0 aliphatic carbocycles. The third-order valence-electron chi connectivity index (χ3n) is 3.11. The van der Waals surface area contributed by atoms with Crippen LogP contribution in [-0.2, 0) is 13.1 Å². The lowest BCUT2D eigenvalue weighted by atomic mass is 10.1. The lowest BCUT2D eigenvalue weighted by molar-refractivity contribution is 0.232. The SMILES string of the molecule is Cl.Cl.c1cncc(OCC2CNCc3cncn3C2)c1. The standard InChI is InChI=1S/C13H16N4O.2ClH/c1-2-13(7-14-3-1)18-9-11-4-15-5-12-6-16-10-17(12)8-11;;/h1-3,6-7,10-11,15H,4-5,8-9H2;2*1H. The van der Waals surface area contributed by atoms with Crippen LogP contribution in [-0.4, -0.2) is 27.7 Å². The van der Waals surface area contributed by atoms with Crippen LogP contribution in [0.15, 0.2) is 37.1 Å². The van der Waals surface area contributed by atoms with Crippen LogP contribution in [0.4, 0.5) is 0 Å². The summed E-state index contributed by atoms with van der Waals surface area (Å²) in [5.41, 5.74) is 1.24. The number of nitrogens with one attached hydrogen (secondary N) is 1. The summed E-state index contributed by atoms with van der Waals surface area (Å²) in [5.74, 6) is 1.27. The second-order valence-corrected chi connectivity index (χ2v) is 4.53. The van der Waals surface area contributed by atoms with Crippen molar-refractivity contribution in [1.82, 2.24) is 19.9 Å². The molecule has 0 saturated carbocycles. The van der Waals surface area contributed by atoms with Crippen molar-refractivity contribution >= 4 is 24.8 Å². The Bertz CT molecular complexity index is 506. The van der Waals surface area contributed by atoms with Gasteiger partial charge in [0.2, 0.25) is 0 Å². The molecular formula is C13H18Cl2N4O. The molecular weight excluding hydrogens is 299 g/mol. The number of ether oxygens (including phenoxy) is 1. The first kappa shape index (κ1) is 16.8. The maximum Gasteiger partial charge on any atom is 0.137 e. The van der Waals surface area contributed by atoms with Gasteiger partial charge in [0.15, 0.2) is 0 Å². The van der Waals surface area contributed by atoms with Gasteiger partial charge in [-0.05, 0) is 12.1 Å². The van der Waals surface area contributed by atoms with Crippen molar-refractivity contribution in [2.24, 2.45) is 5.92 Å². The largest absolute Gasteiger partial charge is 0.492 e. The lowest BCUT2D eigenvalue weighted by Crippen LogP contribution is -2.26. The maximum absolute atomic E-state index is 5.76. The highest BCUT2D eigenvalue weighted by molar-refractivity contribution is 5.85. The highest BCUT2D eigenvalue weighted by atomic mass is 35.5. The average molecular weight is 317 g/mol. The quantitative estimate of drug-likeness (QED) is 0.940. The molecule has 2 aromatic rings. The summed E-state index contributed by atoms with van der Waals surface area (Å²) in [7, 11) is 0. The molecule has 0 radical (unpaired) electrons. The lowest BCUT2D eigenvalue weighted by Gasteiger charge is -2.16. The number of nitrogens with zero attached hydrogens (tertiary/aromatic N) is 3. The van der Waals surface area contributed by atoms with Crippen LogP contribution in [0, 0.1) is 5.92 Å². The van der Waals surface area contributed by atoms with E-state index in [0.717, 1.165) is 25.4 Å². The first-order valence-corrected chi connectivity index (χ1v) is 6.14. The monoisotopic (exact) mass is 316 g/mol. The fourth-order valence-electron chi connectivity index (χ4n) is 2.17. The van der Waals surface area contributed by atoms with Gasteiger partial charge in [0.25, 0.3) is 0 Å². The second kappa shape index (κ2) is 8.09. The van der Waals surface area contributed by atoms with E-state index < -0.39 is 0 Å². The topological polar surface area (TPSA) is 52.0 Å². The molecule has 0 fully saturated rings. The van der Waals surface area contributed by atoms with Crippen LogP contribution in [0.25, 0.3) is 0 Å². The van der Waals surface area contributed by atoms with Crippen molar-refractivity contribution in [3.63, 3.8) is 0 Å². The molecule has 1 aliphatic rings. The number of imidazole rings is 1. The minimum atomic E-state index is 0. The Hall–Kier alpha value is -1.30. The Kier molecular flexibility index (Phi) is 6.78. The minimum absolute atomic E-state index is 0. The van der Waals surface area contributed by atoms with Gasteiger partial charge in [-0.25, -0.2) is 4.98 Å². The second-order valence-electron chi connectivity index (χ2n) is 4.53. The maximum atomic E-state index is 5.76. The zero-order chi connectivity index (χ0) is 12.2. The number of fused-ring (bicyclic) bond motifs is 1. The zero-order valence-corrected chi connectivity index (χ0v) is 12.6. The molecule has 0 amide bonds. The molecule has 0 aromatic carbocycles. The molecule has 1 N–H and O–H groups in total. The number of halogens is 2. The smallest absolute Gasteiger partial charge is 0.137 e. The molecule has 3 heterocycles. The summed E-state index contributed by atoms with van der Waals surface area (Å²) >= 11 is 0. The normalized spacial score (nSPS) is 17.1. The molecule has 0 spiro atoms. The van der Waals surface area contributed by atoms with Gasteiger partial charge < -0.3 is 14.6 Å². The van der Waals surface area contributed by atoms with Gasteiger partial charge in [-0.2, -0.15) is 0 Å². The highest BCUT2D eigenvalue weighted by Gasteiger charge is 2.16. The Labute approximate surface area is 130 Å². The predicted molar refractivity (Wildman–Crippen MR) is 81.7 cm³/mol. The van der Waals surface area contributed by atoms with Gasteiger partial charge in [-0.1, -0.05) is 0 Å². The van der Waals surface area contributed by atoms with E-state index in [9.17, 15) is 0 Å². The Balaban J connectivity index is 0.000001000. The fourth-order valence-corrected chi connectivity index (χ4v) is 2.17. The summed E-state index contributed by atoms with van der Waals surface area (Å²) in [6.07, 6.45) is 7.29. The molecule has 5 nitrogen and oxygen atoms in total. The van der Waals surface area contributed by atoms with Crippen molar-refractivity contribution < 1.29 is 4.74 Å². The minimum Gasteiger partial charge on any atom is -0.492 e. The van der Waals surface area contributed by atoms with Crippen LogP contribution < -0.4 is 10.1 Å². The van der Waals surface area contributed by atoms with E-state index in [2.05, 4.69) is 19.9 Å². The van der Waals surface area contributed by atoms with Gasteiger partial charge in [-0.3, -0.25) is 4.98 Å². The number of hydrogen-bond acceptors (Lipinski definition) is 4. The van der Waals surface area contributed by atoms with Gasteiger partial charge in [0.05, 0.1) is 24.8 Å². The molecule has 1 aliphatic heterocycles. The number of pyridine rings is 1. The average Bonchev–Trinajstić information content (AvgIpc) is 2.76. The third-order valence-corrected chi connectivity index (χ3v) is 3.11. The molecule has 1 atom stereocenters. The van der Waals surface area contributed by atoms with E-state index in [1.54, 1.807) is 12.4 Å². The third kappa shape index (κ3) is 4.10. The van der Waals surface area contributed by atoms with E-state index >= 15 is 0 Å². The molecule has 1 unspecified atom stereocenters. The molecule has 110 valence electrons. The molecule has 7 heteroatoms. The van der Waals surface area contributed by atoms with E-state index in [-0.39, 0.29) is 24.8 Å². The van der Waals surface area contributed by atoms with E-state index in [4.69, 9.17) is 4.74 Å². The fraction of sp³-hybridized carbons (Fsp3) is 0.385. The van der Waals surface area contributed by atoms with Crippen LogP contribution in [0.3, 0.4) is 0 Å². The summed E-state index contributed by atoms with van der Waals surface area (Å²) < 4.78 is 7.95. The number of hydrogen-bond donors (Lipinski definition) is 1. The van der Waals surface area contributed by atoms with Crippen LogP contribution >= 0.6 is 24.8 Å². The van der Waals surface area contributed by atoms with Crippen molar-refractivity contribution in [2.45, 2.75) is 13.1 Å². The van der Waals surface area contributed by atoms with Crippen LogP contribution in [0.2, 0.25) is 0 Å². The summed E-state index contributed by atoms with van der Waals surface area (Å²) in [4.78, 5) is 8.21. The highest BCUT2D eigenvalue weighted by Crippen LogP contribution is 2.13. The molecule has 2 aromatic heterocycles. The van der Waals surface area contributed by atoms with Crippen molar-refractivity contribution in [2.75, 3.05) is 13.2 Å². The number of rotatable bonds is 3. The Morgan fingerprint density at radius 2 is 2.20 bits per heavy atom. The molecule has 3 rings (SSSR count). The van der Waals surface area contributed by atoms with Crippen molar-refractivity contribution in [3.8, 4) is 5.75 Å². The van der Waals surface area contributed by atoms with Crippen LogP contribution in [0.5, 0.6) is 5.75 Å². The van der Waals surface area contributed by atoms with Gasteiger partial charge in [0, 0.05) is 37.9 Å². The molecule has 0 bridgehead atoms. The van der Waals surface area contributed by atoms with E-state index in [0.29, 0.717) is 12.5 Å². The summed E-state index contributed by atoms with van der Waals surface area (Å²) in [6, 6.07) is 3.81. The van der Waals surface area contributed by atoms with Crippen molar-refractivity contribution in [3.05, 3.63) is 42.7 Å². The van der Waals surface area contributed by atoms with Crippen molar-refractivity contribution in [1.29, 1.82) is 0 Å².